The third-order valence-corrected chi connectivity index (χ3v) is 7.56. The summed E-state index contributed by atoms with van der Waals surface area (Å²) < 4.78 is 0. The standard InChI is InChI=1S/C25H37N3O2/c1-26(2)25(30)23-18-21-10-6-7-11-22(21)28(23)24(29)14-17-27-15-12-20(13-16-27)19-8-4-3-5-9-19/h6-7,10-11,19-20,23H,3-5,8-9,12-18H2,1-2H3. The number of carbonyl (C=O) groups is 2. The Bertz CT molecular complexity index is 749. The van der Waals surface area contributed by atoms with Crippen molar-refractivity contribution in [2.24, 2.45) is 11.8 Å². The Hall–Kier alpha value is -1.88. The second-order valence-electron chi connectivity index (χ2n) is 9.67. The fourth-order valence-corrected chi connectivity index (χ4v) is 5.82. The Balaban J connectivity index is 1.33. The van der Waals surface area contributed by atoms with Gasteiger partial charge in [0.1, 0.15) is 6.04 Å². The summed E-state index contributed by atoms with van der Waals surface area (Å²) in [5, 5.41) is 0. The smallest absolute Gasteiger partial charge is 0.245 e. The van der Waals surface area contributed by atoms with Gasteiger partial charge in [0.2, 0.25) is 11.8 Å². The molecule has 2 fully saturated rings. The van der Waals surface area contributed by atoms with E-state index in [1.54, 1.807) is 23.9 Å². The molecule has 2 amide bonds. The van der Waals surface area contributed by atoms with E-state index in [2.05, 4.69) is 4.90 Å². The summed E-state index contributed by atoms with van der Waals surface area (Å²) in [6.45, 7) is 3.04. The minimum Gasteiger partial charge on any atom is -0.347 e. The highest BCUT2D eigenvalue weighted by atomic mass is 16.2. The number of carbonyl (C=O) groups excluding carboxylic acids is 2. The van der Waals surface area contributed by atoms with Crippen LogP contribution >= 0.6 is 0 Å². The van der Waals surface area contributed by atoms with Crippen LogP contribution in [0, 0.1) is 11.8 Å². The van der Waals surface area contributed by atoms with E-state index < -0.39 is 6.04 Å². The lowest BCUT2D eigenvalue weighted by molar-refractivity contribution is -0.132. The molecular formula is C25H37N3O2. The summed E-state index contributed by atoms with van der Waals surface area (Å²) in [7, 11) is 3.54. The number of benzene rings is 1. The van der Waals surface area contributed by atoms with Crippen LogP contribution in [-0.2, 0) is 16.0 Å². The van der Waals surface area contributed by atoms with Gasteiger partial charge in [-0.3, -0.25) is 14.5 Å². The van der Waals surface area contributed by atoms with E-state index in [1.165, 1.54) is 44.9 Å². The fourth-order valence-electron chi connectivity index (χ4n) is 5.82. The second-order valence-corrected chi connectivity index (χ2v) is 9.67. The molecular weight excluding hydrogens is 374 g/mol. The van der Waals surface area contributed by atoms with Crippen LogP contribution in [0.25, 0.3) is 0 Å². The molecule has 0 radical (unpaired) electrons. The highest BCUT2D eigenvalue weighted by molar-refractivity contribution is 6.03. The lowest BCUT2D eigenvalue weighted by Gasteiger charge is -2.37. The molecule has 1 saturated carbocycles. The maximum Gasteiger partial charge on any atom is 0.245 e. The highest BCUT2D eigenvalue weighted by Crippen LogP contribution is 2.36. The number of likely N-dealkylation sites (N-methyl/N-ethyl adjacent to an activating group) is 1. The molecule has 164 valence electrons. The number of fused-ring (bicyclic) bond motifs is 1. The number of nitrogens with zero attached hydrogens (tertiary/aromatic N) is 3. The highest BCUT2D eigenvalue weighted by Gasteiger charge is 2.38. The summed E-state index contributed by atoms with van der Waals surface area (Å²) in [4.78, 5) is 31.8. The van der Waals surface area contributed by atoms with Gasteiger partial charge in [-0.2, -0.15) is 0 Å². The first-order valence-corrected chi connectivity index (χ1v) is 11.9. The molecule has 0 bridgehead atoms. The maximum atomic E-state index is 13.2. The van der Waals surface area contributed by atoms with Gasteiger partial charge in [-0.15, -0.1) is 0 Å². The lowest BCUT2D eigenvalue weighted by atomic mass is 9.76. The molecule has 4 rings (SSSR count). The predicted molar refractivity (Wildman–Crippen MR) is 120 cm³/mol. The van der Waals surface area contributed by atoms with Gasteiger partial charge in [0.25, 0.3) is 0 Å². The van der Waals surface area contributed by atoms with Gasteiger partial charge in [0.15, 0.2) is 0 Å². The normalized spacial score (nSPS) is 23.4. The molecule has 0 N–H and O–H groups in total. The monoisotopic (exact) mass is 411 g/mol. The number of para-hydroxylation sites is 1. The van der Waals surface area contributed by atoms with Gasteiger partial charge < -0.3 is 9.80 Å². The van der Waals surface area contributed by atoms with E-state index in [0.29, 0.717) is 12.8 Å². The van der Waals surface area contributed by atoms with Crippen LogP contribution in [0.15, 0.2) is 24.3 Å². The van der Waals surface area contributed by atoms with Crippen LogP contribution in [0.5, 0.6) is 0 Å². The molecule has 1 aromatic rings. The van der Waals surface area contributed by atoms with Gasteiger partial charge >= 0.3 is 0 Å². The van der Waals surface area contributed by atoms with Crippen molar-refractivity contribution in [3.8, 4) is 0 Å². The first kappa shape index (κ1) is 21.4. The SMILES string of the molecule is CN(C)C(=O)C1Cc2ccccc2N1C(=O)CCN1CCC(C2CCCCC2)CC1. The minimum atomic E-state index is -0.401. The van der Waals surface area contributed by atoms with E-state index in [9.17, 15) is 9.59 Å². The zero-order chi connectivity index (χ0) is 21.1. The summed E-state index contributed by atoms with van der Waals surface area (Å²) >= 11 is 0. The third kappa shape index (κ3) is 4.56. The van der Waals surface area contributed by atoms with Crippen molar-refractivity contribution < 1.29 is 9.59 Å². The largest absolute Gasteiger partial charge is 0.347 e. The molecule has 3 aliphatic rings. The number of hydrogen-bond acceptors (Lipinski definition) is 3. The number of piperidine rings is 1. The van der Waals surface area contributed by atoms with Crippen molar-refractivity contribution in [2.75, 3.05) is 38.6 Å². The molecule has 2 aliphatic heterocycles. The Kier molecular flexibility index (Phi) is 6.77. The van der Waals surface area contributed by atoms with E-state index in [0.717, 1.165) is 42.7 Å². The molecule has 1 atom stereocenters. The van der Waals surface area contributed by atoms with Crippen LogP contribution in [0.2, 0.25) is 0 Å². The predicted octanol–water partition coefficient (Wildman–Crippen LogP) is 3.71. The lowest BCUT2D eigenvalue weighted by Crippen LogP contribution is -2.48. The van der Waals surface area contributed by atoms with E-state index in [1.807, 2.05) is 24.3 Å². The van der Waals surface area contributed by atoms with E-state index >= 15 is 0 Å². The quantitative estimate of drug-likeness (QED) is 0.742. The Morgan fingerprint density at radius 1 is 0.967 bits per heavy atom. The topological polar surface area (TPSA) is 43.9 Å². The first-order valence-electron chi connectivity index (χ1n) is 11.9. The van der Waals surface area contributed by atoms with Crippen molar-refractivity contribution in [1.82, 2.24) is 9.80 Å². The van der Waals surface area contributed by atoms with Crippen LogP contribution in [0.1, 0.15) is 56.9 Å². The van der Waals surface area contributed by atoms with Crippen LogP contribution < -0.4 is 4.90 Å². The molecule has 0 spiro atoms. The molecule has 30 heavy (non-hydrogen) atoms. The van der Waals surface area contributed by atoms with Gasteiger partial charge in [-0.05, 0) is 49.4 Å². The number of amides is 2. The zero-order valence-corrected chi connectivity index (χ0v) is 18.7. The Morgan fingerprint density at radius 2 is 1.63 bits per heavy atom. The van der Waals surface area contributed by atoms with E-state index in [4.69, 9.17) is 0 Å². The molecule has 5 nitrogen and oxygen atoms in total. The average molecular weight is 412 g/mol. The number of likely N-dealkylation sites (tertiary alicyclic amines) is 1. The third-order valence-electron chi connectivity index (χ3n) is 7.56. The summed E-state index contributed by atoms with van der Waals surface area (Å²) in [5.74, 6) is 1.92. The molecule has 1 aliphatic carbocycles. The summed E-state index contributed by atoms with van der Waals surface area (Å²) in [6.07, 6.45) is 10.8. The van der Waals surface area contributed by atoms with Crippen molar-refractivity contribution in [3.63, 3.8) is 0 Å². The summed E-state index contributed by atoms with van der Waals surface area (Å²) in [6, 6.07) is 7.56. The number of anilines is 1. The van der Waals surface area contributed by atoms with Gasteiger partial charge in [0.05, 0.1) is 0 Å². The summed E-state index contributed by atoms with van der Waals surface area (Å²) in [5.41, 5.74) is 2.01. The van der Waals surface area contributed by atoms with Crippen LogP contribution in [0.4, 0.5) is 5.69 Å². The van der Waals surface area contributed by atoms with Gasteiger partial charge in [-0.25, -0.2) is 0 Å². The zero-order valence-electron chi connectivity index (χ0n) is 18.7. The van der Waals surface area contributed by atoms with Gasteiger partial charge in [0, 0.05) is 39.2 Å². The van der Waals surface area contributed by atoms with Gasteiger partial charge in [-0.1, -0.05) is 50.3 Å². The number of rotatable bonds is 5. The molecule has 1 unspecified atom stereocenters. The minimum absolute atomic E-state index is 0.00727. The Labute approximate surface area is 181 Å². The average Bonchev–Trinajstić information content (AvgIpc) is 3.17. The molecule has 0 aromatic heterocycles. The molecule has 1 aromatic carbocycles. The van der Waals surface area contributed by atoms with Crippen molar-refractivity contribution in [1.29, 1.82) is 0 Å². The van der Waals surface area contributed by atoms with E-state index in [-0.39, 0.29) is 11.8 Å². The molecule has 1 saturated heterocycles. The second kappa shape index (κ2) is 9.51. The molecule has 2 heterocycles. The van der Waals surface area contributed by atoms with Crippen LogP contribution in [0.3, 0.4) is 0 Å². The van der Waals surface area contributed by atoms with Crippen LogP contribution in [-0.4, -0.2) is 61.4 Å². The fraction of sp³-hybridized carbons (Fsp3) is 0.680. The maximum absolute atomic E-state index is 13.2. The van der Waals surface area contributed by atoms with Crippen molar-refractivity contribution >= 4 is 17.5 Å². The Morgan fingerprint density at radius 3 is 2.33 bits per heavy atom. The van der Waals surface area contributed by atoms with Crippen molar-refractivity contribution in [3.05, 3.63) is 29.8 Å². The van der Waals surface area contributed by atoms with Crippen molar-refractivity contribution in [2.45, 2.75) is 63.8 Å². The first-order chi connectivity index (χ1) is 14.5. The molecule has 5 heteroatoms. The number of hydrogen-bond donors (Lipinski definition) is 0.